The van der Waals surface area contributed by atoms with Crippen molar-refractivity contribution in [2.24, 2.45) is 14.1 Å². The minimum absolute atomic E-state index is 0.538. The lowest BCUT2D eigenvalue weighted by Gasteiger charge is -2.00. The van der Waals surface area contributed by atoms with E-state index in [-0.39, 0.29) is 0 Å². The molecule has 0 atom stereocenters. The molecule has 0 aliphatic heterocycles. The predicted molar refractivity (Wildman–Crippen MR) is 197 cm³/mol. The molecular formula is C34H30N10O2S4. The molecule has 50 heavy (non-hydrogen) atoms. The topological polar surface area (TPSA) is 139 Å². The van der Waals surface area contributed by atoms with Crippen molar-refractivity contribution < 1.29 is 9.05 Å². The zero-order valence-corrected chi connectivity index (χ0v) is 30.7. The van der Waals surface area contributed by atoms with Crippen LogP contribution >= 0.6 is 46.2 Å². The number of rotatable bonds is 10. The van der Waals surface area contributed by atoms with Crippen molar-refractivity contribution in [1.29, 1.82) is 0 Å². The average Bonchev–Trinajstić information content (AvgIpc) is 3.96. The van der Waals surface area contributed by atoms with Gasteiger partial charge in [0.15, 0.2) is 33.6 Å². The first-order valence-electron chi connectivity index (χ1n) is 15.3. The minimum atomic E-state index is 0.538. The predicted octanol–water partition coefficient (Wildman–Crippen LogP) is 8.39. The van der Waals surface area contributed by atoms with Crippen molar-refractivity contribution in [3.8, 4) is 44.3 Å². The van der Waals surface area contributed by atoms with Gasteiger partial charge in [-0.25, -0.2) is 0 Å². The largest absolute Gasteiger partial charge is 0.334 e. The maximum absolute atomic E-state index is 5.37. The van der Waals surface area contributed by atoms with Gasteiger partial charge in [-0.2, -0.15) is 9.97 Å². The third kappa shape index (κ3) is 7.78. The number of thioether (sulfide) groups is 2. The van der Waals surface area contributed by atoms with Crippen LogP contribution in [0, 0.1) is 13.8 Å². The molecule has 8 rings (SSSR count). The molecule has 0 fully saturated rings. The normalized spacial score (nSPS) is 11.1. The van der Waals surface area contributed by atoms with E-state index in [1.807, 2.05) is 121 Å². The zero-order chi connectivity index (χ0) is 34.5. The summed E-state index contributed by atoms with van der Waals surface area (Å²) >= 11 is 6.37. The number of aromatic nitrogens is 10. The summed E-state index contributed by atoms with van der Waals surface area (Å²) in [7, 11) is 3.93. The summed E-state index contributed by atoms with van der Waals surface area (Å²) in [5.41, 5.74) is 4.18. The van der Waals surface area contributed by atoms with Crippen LogP contribution in [0.1, 0.15) is 22.8 Å². The Kier molecular flexibility index (Phi) is 10.3. The van der Waals surface area contributed by atoms with Gasteiger partial charge >= 0.3 is 0 Å². The fraction of sp³-hybridized carbons (Fsp3) is 0.176. The highest BCUT2D eigenvalue weighted by Gasteiger charge is 2.16. The number of hydrogen-bond donors (Lipinski definition) is 0. The minimum Gasteiger partial charge on any atom is -0.334 e. The summed E-state index contributed by atoms with van der Waals surface area (Å²) < 4.78 is 14.7. The van der Waals surface area contributed by atoms with Crippen molar-refractivity contribution in [2.75, 3.05) is 0 Å². The third-order valence-electron chi connectivity index (χ3n) is 7.28. The van der Waals surface area contributed by atoms with Crippen LogP contribution in [0.4, 0.5) is 0 Å². The van der Waals surface area contributed by atoms with E-state index in [2.05, 4.69) is 40.7 Å². The van der Waals surface area contributed by atoms with Crippen LogP contribution in [-0.4, -0.2) is 49.8 Å². The SMILES string of the molecule is Cc1cccc(-c2nc(CSc3nnc(-c4cccs4)n3C)no2)c1.Cc1cccc(-c2nc(CSc3nnc(-c4cccs4)n3C)no2)c1. The van der Waals surface area contributed by atoms with Crippen molar-refractivity contribution in [2.45, 2.75) is 35.7 Å². The fourth-order valence-corrected chi connectivity index (χ4v) is 7.79. The Morgan fingerprint density at radius 1 is 0.600 bits per heavy atom. The zero-order valence-electron chi connectivity index (χ0n) is 27.4. The van der Waals surface area contributed by atoms with E-state index < -0.39 is 0 Å². The summed E-state index contributed by atoms with van der Waals surface area (Å²) in [6, 6.07) is 24.1. The molecule has 2 aromatic carbocycles. The second-order valence-electron chi connectivity index (χ2n) is 11.0. The molecule has 12 nitrogen and oxygen atoms in total. The van der Waals surface area contributed by atoms with Gasteiger partial charge < -0.3 is 18.2 Å². The van der Waals surface area contributed by atoms with Gasteiger partial charge in [0.25, 0.3) is 11.8 Å². The lowest BCUT2D eigenvalue weighted by molar-refractivity contribution is 0.425. The second kappa shape index (κ2) is 15.3. The fourth-order valence-electron chi connectivity index (χ4n) is 4.80. The van der Waals surface area contributed by atoms with Gasteiger partial charge in [-0.15, -0.1) is 43.1 Å². The summed E-state index contributed by atoms with van der Waals surface area (Å²) in [4.78, 5) is 11.1. The quantitative estimate of drug-likeness (QED) is 0.125. The molecule has 0 unspecified atom stereocenters. The first-order chi connectivity index (χ1) is 24.4. The van der Waals surface area contributed by atoms with Gasteiger partial charge in [-0.3, -0.25) is 0 Å². The Labute approximate surface area is 304 Å². The van der Waals surface area contributed by atoms with E-state index in [1.165, 1.54) is 23.5 Å². The van der Waals surface area contributed by atoms with Crippen LogP contribution in [-0.2, 0) is 25.6 Å². The highest BCUT2D eigenvalue weighted by atomic mass is 32.2. The van der Waals surface area contributed by atoms with Crippen molar-refractivity contribution in [3.05, 3.63) is 106 Å². The molecule has 0 spiro atoms. The molecule has 8 aromatic rings. The smallest absolute Gasteiger partial charge is 0.257 e. The molecule has 6 heterocycles. The van der Waals surface area contributed by atoms with Gasteiger partial charge in [0.05, 0.1) is 21.3 Å². The Hall–Kier alpha value is -4.90. The van der Waals surface area contributed by atoms with Crippen LogP contribution in [0.15, 0.2) is 103 Å². The highest BCUT2D eigenvalue weighted by Crippen LogP contribution is 2.29. The monoisotopic (exact) mass is 738 g/mol. The molecule has 6 aromatic heterocycles. The number of thiophene rings is 2. The van der Waals surface area contributed by atoms with E-state index in [9.17, 15) is 0 Å². The van der Waals surface area contributed by atoms with E-state index in [4.69, 9.17) is 9.05 Å². The summed E-state index contributed by atoms with van der Waals surface area (Å²) in [5, 5.41) is 30.9. The van der Waals surface area contributed by atoms with Crippen LogP contribution in [0.5, 0.6) is 0 Å². The number of nitrogens with zero attached hydrogens (tertiary/aromatic N) is 10. The Balaban J connectivity index is 0.000000157. The molecule has 0 saturated carbocycles. The highest BCUT2D eigenvalue weighted by molar-refractivity contribution is 7.98. The lowest BCUT2D eigenvalue weighted by atomic mass is 10.1. The number of hydrogen-bond acceptors (Lipinski definition) is 14. The molecule has 16 heteroatoms. The molecule has 0 aliphatic rings. The van der Waals surface area contributed by atoms with Crippen LogP contribution in [0.25, 0.3) is 44.3 Å². The van der Waals surface area contributed by atoms with Gasteiger partial charge in [-0.05, 0) is 61.0 Å². The molecular weight excluding hydrogens is 709 g/mol. The Morgan fingerprint density at radius 3 is 1.46 bits per heavy atom. The van der Waals surface area contributed by atoms with Gasteiger partial charge in [-0.1, -0.05) is 81.4 Å². The first kappa shape index (κ1) is 33.6. The second-order valence-corrected chi connectivity index (χ2v) is 14.8. The Bertz CT molecular complexity index is 2140. The maximum Gasteiger partial charge on any atom is 0.257 e. The van der Waals surface area contributed by atoms with E-state index >= 15 is 0 Å². The van der Waals surface area contributed by atoms with Crippen molar-refractivity contribution in [1.82, 2.24) is 49.8 Å². The standard InChI is InChI=1S/2C17H15N5OS2/c2*1-11-5-3-6-12(9-11)16-18-14(21-23-16)10-25-17-20-19-15(22(17)2)13-7-4-8-24-13/h2*3-9H,10H2,1-2H3. The molecule has 0 bridgehead atoms. The molecule has 0 N–H and O–H groups in total. The molecule has 0 radical (unpaired) electrons. The number of benzene rings is 2. The lowest BCUT2D eigenvalue weighted by Crippen LogP contribution is -1.94. The summed E-state index contributed by atoms with van der Waals surface area (Å²) in [6.45, 7) is 4.08. The van der Waals surface area contributed by atoms with Crippen LogP contribution in [0.3, 0.4) is 0 Å². The van der Waals surface area contributed by atoms with Crippen LogP contribution < -0.4 is 0 Å². The van der Waals surface area contributed by atoms with Gasteiger partial charge in [0.1, 0.15) is 0 Å². The van der Waals surface area contributed by atoms with E-state index in [0.29, 0.717) is 34.9 Å². The molecule has 0 saturated heterocycles. The molecule has 0 aliphatic carbocycles. The van der Waals surface area contributed by atoms with Gasteiger partial charge in [0, 0.05) is 25.2 Å². The summed E-state index contributed by atoms with van der Waals surface area (Å²) in [5.74, 6) is 5.24. The number of aryl methyl sites for hydroxylation is 2. The van der Waals surface area contributed by atoms with Crippen LogP contribution in [0.2, 0.25) is 0 Å². The molecule has 0 amide bonds. The van der Waals surface area contributed by atoms with Gasteiger partial charge in [0.2, 0.25) is 0 Å². The first-order valence-corrected chi connectivity index (χ1v) is 19.1. The molecule has 252 valence electrons. The third-order valence-corrected chi connectivity index (χ3v) is 11.0. The Morgan fingerprint density at radius 2 is 1.06 bits per heavy atom. The van der Waals surface area contributed by atoms with E-state index in [0.717, 1.165) is 54.0 Å². The average molecular weight is 739 g/mol. The van der Waals surface area contributed by atoms with E-state index in [1.54, 1.807) is 22.7 Å². The van der Waals surface area contributed by atoms with Crippen molar-refractivity contribution in [3.63, 3.8) is 0 Å². The summed E-state index contributed by atoms with van der Waals surface area (Å²) in [6.07, 6.45) is 0. The van der Waals surface area contributed by atoms with Crippen molar-refractivity contribution >= 4 is 46.2 Å². The maximum atomic E-state index is 5.37.